The summed E-state index contributed by atoms with van der Waals surface area (Å²) in [4.78, 5) is 0.374. The molecule has 0 spiro atoms. The average molecular weight is 375 g/mol. The van der Waals surface area contributed by atoms with Crippen LogP contribution in [-0.4, -0.2) is 38.9 Å². The van der Waals surface area contributed by atoms with Crippen LogP contribution in [0.25, 0.3) is 0 Å². The molecule has 1 heterocycles. The molecule has 6 heteroatoms. The summed E-state index contributed by atoms with van der Waals surface area (Å²) in [5.74, 6) is 0.458. The molecular weight excluding hydrogens is 352 g/mol. The van der Waals surface area contributed by atoms with E-state index in [2.05, 4.69) is 21.2 Å². The highest BCUT2D eigenvalue weighted by atomic mass is 79.9. The second-order valence-electron chi connectivity index (χ2n) is 5.51. The normalized spacial score (nSPS) is 17.3. The van der Waals surface area contributed by atoms with Crippen LogP contribution in [0.3, 0.4) is 0 Å². The summed E-state index contributed by atoms with van der Waals surface area (Å²) in [5, 5.41) is 3.32. The van der Waals surface area contributed by atoms with Gasteiger partial charge in [0.15, 0.2) is 0 Å². The lowest BCUT2D eigenvalue weighted by molar-refractivity contribution is 0.288. The number of sulfonamides is 1. The van der Waals surface area contributed by atoms with Gasteiger partial charge in [0.1, 0.15) is 0 Å². The minimum Gasteiger partial charge on any atom is -0.317 e. The summed E-state index contributed by atoms with van der Waals surface area (Å²) in [6.07, 6.45) is 2.93. The molecule has 0 unspecified atom stereocenters. The van der Waals surface area contributed by atoms with Gasteiger partial charge in [0.05, 0.1) is 4.90 Å². The molecule has 0 saturated carbocycles. The van der Waals surface area contributed by atoms with Crippen LogP contribution < -0.4 is 5.32 Å². The van der Waals surface area contributed by atoms with Gasteiger partial charge >= 0.3 is 0 Å². The second-order valence-corrected chi connectivity index (χ2v) is 8.37. The molecule has 1 N–H and O–H groups in total. The lowest BCUT2D eigenvalue weighted by atomic mass is 9.98. The molecule has 0 atom stereocenters. The Kier molecular flexibility index (Phi) is 6.22. The Morgan fingerprint density at radius 3 is 2.67 bits per heavy atom. The van der Waals surface area contributed by atoms with Crippen molar-refractivity contribution in [2.24, 2.45) is 5.92 Å². The molecule has 0 aromatic heterocycles. The van der Waals surface area contributed by atoms with Gasteiger partial charge in [0.2, 0.25) is 10.0 Å². The molecule has 1 saturated heterocycles. The van der Waals surface area contributed by atoms with E-state index in [0.29, 0.717) is 23.9 Å². The quantitative estimate of drug-likeness (QED) is 0.832. The molecule has 1 aromatic rings. The van der Waals surface area contributed by atoms with Crippen LogP contribution in [0.5, 0.6) is 0 Å². The molecule has 1 aromatic carbocycles. The minimum atomic E-state index is -3.40. The van der Waals surface area contributed by atoms with E-state index in [1.165, 1.54) is 0 Å². The first kappa shape index (κ1) is 16.9. The third-order valence-corrected chi connectivity index (χ3v) is 6.18. The Balaban J connectivity index is 2.19. The Morgan fingerprint density at radius 1 is 1.33 bits per heavy atom. The molecule has 1 aliphatic heterocycles. The van der Waals surface area contributed by atoms with Crippen molar-refractivity contribution in [1.29, 1.82) is 0 Å². The van der Waals surface area contributed by atoms with Crippen molar-refractivity contribution in [2.75, 3.05) is 26.2 Å². The number of hydrogen-bond donors (Lipinski definition) is 1. The van der Waals surface area contributed by atoms with Gasteiger partial charge in [-0.05, 0) is 56.5 Å². The van der Waals surface area contributed by atoms with Gasteiger partial charge in [0, 0.05) is 17.6 Å². The van der Waals surface area contributed by atoms with Crippen molar-refractivity contribution in [3.05, 3.63) is 28.7 Å². The molecule has 2 rings (SSSR count). The lowest BCUT2D eigenvalue weighted by Gasteiger charge is -2.29. The number of halogens is 1. The molecule has 0 radical (unpaired) electrons. The highest BCUT2D eigenvalue weighted by molar-refractivity contribution is 9.10. The fraction of sp³-hybridized carbons (Fsp3) is 0.600. The Morgan fingerprint density at radius 2 is 2.05 bits per heavy atom. The van der Waals surface area contributed by atoms with Crippen LogP contribution in [0, 0.1) is 5.92 Å². The predicted octanol–water partition coefficient (Wildman–Crippen LogP) is 2.85. The van der Waals surface area contributed by atoms with Gasteiger partial charge in [-0.3, -0.25) is 0 Å². The molecular formula is C15H23BrN2O2S. The van der Waals surface area contributed by atoms with Crippen LogP contribution in [0.1, 0.15) is 26.2 Å². The monoisotopic (exact) mass is 374 g/mol. The summed E-state index contributed by atoms with van der Waals surface area (Å²) in [6.45, 7) is 5.21. The zero-order valence-electron chi connectivity index (χ0n) is 12.4. The molecule has 1 aliphatic rings. The lowest BCUT2D eigenvalue weighted by Crippen LogP contribution is -2.39. The number of benzene rings is 1. The first-order valence-electron chi connectivity index (χ1n) is 7.50. The van der Waals surface area contributed by atoms with Crippen molar-refractivity contribution in [2.45, 2.75) is 31.1 Å². The van der Waals surface area contributed by atoms with Gasteiger partial charge in [0.25, 0.3) is 0 Å². The SMILES string of the molecule is CCCN(CC1CCNCC1)S(=O)(=O)c1cccc(Br)c1. The topological polar surface area (TPSA) is 49.4 Å². The average Bonchev–Trinajstić information content (AvgIpc) is 2.48. The Bertz CT molecular complexity index is 557. The zero-order valence-corrected chi connectivity index (χ0v) is 14.8. The van der Waals surface area contributed by atoms with E-state index in [4.69, 9.17) is 0 Å². The second kappa shape index (κ2) is 7.72. The van der Waals surface area contributed by atoms with Crippen molar-refractivity contribution in [1.82, 2.24) is 9.62 Å². The van der Waals surface area contributed by atoms with Gasteiger partial charge in [-0.15, -0.1) is 0 Å². The van der Waals surface area contributed by atoms with Gasteiger partial charge in [-0.1, -0.05) is 28.9 Å². The van der Waals surface area contributed by atoms with Gasteiger partial charge < -0.3 is 5.32 Å². The highest BCUT2D eigenvalue weighted by Crippen LogP contribution is 2.23. The third kappa shape index (κ3) is 4.52. The van der Waals surface area contributed by atoms with Crippen molar-refractivity contribution in [3.63, 3.8) is 0 Å². The Labute approximate surface area is 136 Å². The maximum atomic E-state index is 12.8. The first-order chi connectivity index (χ1) is 10.0. The van der Waals surface area contributed by atoms with Gasteiger partial charge in [-0.25, -0.2) is 8.42 Å². The third-order valence-electron chi connectivity index (χ3n) is 3.83. The van der Waals surface area contributed by atoms with Crippen LogP contribution in [-0.2, 0) is 10.0 Å². The molecule has 1 fully saturated rings. The molecule has 21 heavy (non-hydrogen) atoms. The maximum absolute atomic E-state index is 12.8. The summed E-state index contributed by atoms with van der Waals surface area (Å²) < 4.78 is 28.1. The number of nitrogens with one attached hydrogen (secondary N) is 1. The number of piperidine rings is 1. The van der Waals surface area contributed by atoms with Crippen molar-refractivity contribution >= 4 is 26.0 Å². The summed E-state index contributed by atoms with van der Waals surface area (Å²) in [7, 11) is -3.40. The fourth-order valence-electron chi connectivity index (χ4n) is 2.69. The molecule has 0 amide bonds. The molecule has 118 valence electrons. The van der Waals surface area contributed by atoms with Crippen molar-refractivity contribution < 1.29 is 8.42 Å². The van der Waals surface area contributed by atoms with E-state index in [1.54, 1.807) is 22.5 Å². The predicted molar refractivity (Wildman–Crippen MR) is 88.8 cm³/mol. The zero-order chi connectivity index (χ0) is 15.3. The summed E-state index contributed by atoms with van der Waals surface area (Å²) >= 11 is 3.35. The highest BCUT2D eigenvalue weighted by Gasteiger charge is 2.27. The van der Waals surface area contributed by atoms with E-state index in [-0.39, 0.29) is 0 Å². The van der Waals surface area contributed by atoms with E-state index in [9.17, 15) is 8.42 Å². The van der Waals surface area contributed by atoms with Crippen LogP contribution in [0.4, 0.5) is 0 Å². The van der Waals surface area contributed by atoms with Crippen LogP contribution in [0.15, 0.2) is 33.6 Å². The van der Waals surface area contributed by atoms with Crippen molar-refractivity contribution in [3.8, 4) is 0 Å². The number of rotatable bonds is 6. The molecule has 0 bridgehead atoms. The summed E-state index contributed by atoms with van der Waals surface area (Å²) in [6, 6.07) is 6.97. The molecule has 0 aliphatic carbocycles. The maximum Gasteiger partial charge on any atom is 0.243 e. The van der Waals surface area contributed by atoms with E-state index in [0.717, 1.165) is 36.8 Å². The minimum absolute atomic E-state index is 0.374. The fourth-order valence-corrected chi connectivity index (χ4v) is 4.89. The first-order valence-corrected chi connectivity index (χ1v) is 9.73. The van der Waals surface area contributed by atoms with Crippen LogP contribution in [0.2, 0.25) is 0 Å². The van der Waals surface area contributed by atoms with E-state index >= 15 is 0 Å². The molecule has 4 nitrogen and oxygen atoms in total. The van der Waals surface area contributed by atoms with E-state index < -0.39 is 10.0 Å². The number of nitrogens with zero attached hydrogens (tertiary/aromatic N) is 1. The van der Waals surface area contributed by atoms with Crippen LogP contribution >= 0.6 is 15.9 Å². The van der Waals surface area contributed by atoms with Gasteiger partial charge in [-0.2, -0.15) is 4.31 Å². The number of hydrogen-bond acceptors (Lipinski definition) is 3. The summed E-state index contributed by atoms with van der Waals surface area (Å²) in [5.41, 5.74) is 0. The smallest absolute Gasteiger partial charge is 0.243 e. The van der Waals surface area contributed by atoms with E-state index in [1.807, 2.05) is 13.0 Å². The standard InChI is InChI=1S/C15H23BrN2O2S/c1-2-10-18(12-13-6-8-17-9-7-13)21(19,20)15-5-3-4-14(16)11-15/h3-5,11,13,17H,2,6-10,12H2,1H3. The largest absolute Gasteiger partial charge is 0.317 e. The Hall–Kier alpha value is -0.430.